The fourth-order valence-electron chi connectivity index (χ4n) is 4.15. The summed E-state index contributed by atoms with van der Waals surface area (Å²) in [5.74, 6) is -0.782. The van der Waals surface area contributed by atoms with Crippen molar-refractivity contribution in [1.82, 2.24) is 14.3 Å². The van der Waals surface area contributed by atoms with E-state index in [0.29, 0.717) is 17.8 Å². The van der Waals surface area contributed by atoms with E-state index in [4.69, 9.17) is 16.7 Å². The summed E-state index contributed by atoms with van der Waals surface area (Å²) in [6.45, 7) is 6.21. The number of amides is 1. The number of para-hydroxylation sites is 1. The van der Waals surface area contributed by atoms with Gasteiger partial charge in [0.05, 0.1) is 22.1 Å². The van der Waals surface area contributed by atoms with Gasteiger partial charge in [0, 0.05) is 23.9 Å². The van der Waals surface area contributed by atoms with E-state index in [1.807, 2.05) is 51.1 Å². The van der Waals surface area contributed by atoms with Gasteiger partial charge < -0.3 is 5.32 Å². The van der Waals surface area contributed by atoms with Crippen molar-refractivity contribution in [3.63, 3.8) is 0 Å². The summed E-state index contributed by atoms with van der Waals surface area (Å²) in [4.78, 5) is 25.9. The lowest BCUT2D eigenvalue weighted by molar-refractivity contribution is -0.116. The summed E-state index contributed by atoms with van der Waals surface area (Å²) in [6, 6.07) is 13.5. The number of fused-ring (bicyclic) bond motifs is 1. The van der Waals surface area contributed by atoms with E-state index in [1.165, 1.54) is 12.1 Å². The van der Waals surface area contributed by atoms with Gasteiger partial charge in [0.2, 0.25) is 5.91 Å². The van der Waals surface area contributed by atoms with Gasteiger partial charge in [-0.3, -0.25) is 14.2 Å². The van der Waals surface area contributed by atoms with Gasteiger partial charge in [0.25, 0.3) is 5.56 Å². The molecule has 2 aromatic heterocycles. The zero-order chi connectivity index (χ0) is 23.7. The lowest BCUT2D eigenvalue weighted by atomic mass is 10.0. The number of carbonyl (C=O) groups excluding carboxylic acids is 1. The van der Waals surface area contributed by atoms with E-state index in [2.05, 4.69) is 5.32 Å². The number of carbonyl (C=O) groups is 1. The first-order valence-electron chi connectivity index (χ1n) is 10.7. The van der Waals surface area contributed by atoms with Crippen molar-refractivity contribution in [1.29, 1.82) is 0 Å². The van der Waals surface area contributed by atoms with Crippen LogP contribution in [0.15, 0.2) is 53.3 Å². The first-order chi connectivity index (χ1) is 15.8. The SMILES string of the molecule is CCn1c(=O)c(CCC(=O)Nc2ccc(F)cc2Cl)c(C)c2c(C)nn(-c3ccccc3)c21. The molecule has 1 amide bonds. The number of nitrogens with zero attached hydrogens (tertiary/aromatic N) is 3. The highest BCUT2D eigenvalue weighted by Crippen LogP contribution is 2.27. The number of hydrogen-bond donors (Lipinski definition) is 1. The van der Waals surface area contributed by atoms with Crippen LogP contribution in [0.3, 0.4) is 0 Å². The van der Waals surface area contributed by atoms with Gasteiger partial charge in [0.15, 0.2) is 0 Å². The van der Waals surface area contributed by atoms with Crippen molar-refractivity contribution < 1.29 is 9.18 Å². The van der Waals surface area contributed by atoms with Crippen molar-refractivity contribution in [3.8, 4) is 5.69 Å². The van der Waals surface area contributed by atoms with E-state index in [9.17, 15) is 14.0 Å². The number of aryl methyl sites for hydroxylation is 3. The van der Waals surface area contributed by atoms with Crippen LogP contribution >= 0.6 is 11.6 Å². The summed E-state index contributed by atoms with van der Waals surface area (Å²) in [7, 11) is 0. The van der Waals surface area contributed by atoms with Crippen LogP contribution in [0.25, 0.3) is 16.7 Å². The number of aromatic nitrogens is 3. The maximum Gasteiger partial charge on any atom is 0.255 e. The highest BCUT2D eigenvalue weighted by atomic mass is 35.5. The molecule has 0 aliphatic rings. The van der Waals surface area contributed by atoms with Gasteiger partial charge in [-0.15, -0.1) is 0 Å². The summed E-state index contributed by atoms with van der Waals surface area (Å²) >= 11 is 6.00. The molecule has 0 aliphatic heterocycles. The van der Waals surface area contributed by atoms with Gasteiger partial charge in [-0.05, 0) is 63.1 Å². The van der Waals surface area contributed by atoms with Crippen LogP contribution in [0.5, 0.6) is 0 Å². The predicted octanol–water partition coefficient (Wildman–Crippen LogP) is 5.19. The summed E-state index contributed by atoms with van der Waals surface area (Å²) < 4.78 is 16.8. The molecule has 0 saturated heterocycles. The predicted molar refractivity (Wildman–Crippen MR) is 129 cm³/mol. The number of pyridine rings is 1. The molecule has 0 aliphatic carbocycles. The van der Waals surface area contributed by atoms with Gasteiger partial charge in [-0.2, -0.15) is 5.10 Å². The first kappa shape index (κ1) is 22.7. The Balaban J connectivity index is 1.70. The summed E-state index contributed by atoms with van der Waals surface area (Å²) in [6.07, 6.45) is 0.353. The van der Waals surface area contributed by atoms with Crippen LogP contribution in [0.2, 0.25) is 5.02 Å². The van der Waals surface area contributed by atoms with E-state index in [0.717, 1.165) is 34.0 Å². The third-order valence-electron chi connectivity index (χ3n) is 5.75. The average molecular weight is 467 g/mol. The van der Waals surface area contributed by atoms with Crippen molar-refractivity contribution in [2.24, 2.45) is 0 Å². The Morgan fingerprint density at radius 1 is 1.15 bits per heavy atom. The quantitative estimate of drug-likeness (QED) is 0.425. The third kappa shape index (κ3) is 4.28. The summed E-state index contributed by atoms with van der Waals surface area (Å²) in [5.41, 5.74) is 4.05. The topological polar surface area (TPSA) is 68.9 Å². The fraction of sp³-hybridized carbons (Fsp3) is 0.240. The molecule has 4 aromatic rings. The molecule has 0 atom stereocenters. The number of anilines is 1. The molecule has 2 aromatic carbocycles. The molecular weight excluding hydrogens is 443 g/mol. The van der Waals surface area contributed by atoms with Crippen molar-refractivity contribution >= 4 is 34.2 Å². The fourth-order valence-corrected chi connectivity index (χ4v) is 4.37. The van der Waals surface area contributed by atoms with Gasteiger partial charge in [0.1, 0.15) is 11.5 Å². The van der Waals surface area contributed by atoms with E-state index in [-0.39, 0.29) is 29.3 Å². The Labute approximate surface area is 195 Å². The molecule has 170 valence electrons. The molecule has 4 rings (SSSR count). The minimum Gasteiger partial charge on any atom is -0.325 e. The van der Waals surface area contributed by atoms with Crippen molar-refractivity contribution in [2.75, 3.05) is 5.32 Å². The Morgan fingerprint density at radius 2 is 1.88 bits per heavy atom. The zero-order valence-corrected chi connectivity index (χ0v) is 19.4. The van der Waals surface area contributed by atoms with Gasteiger partial charge >= 0.3 is 0 Å². The Kier molecular flexibility index (Phi) is 6.33. The highest BCUT2D eigenvalue weighted by molar-refractivity contribution is 6.33. The van der Waals surface area contributed by atoms with E-state index >= 15 is 0 Å². The van der Waals surface area contributed by atoms with Crippen LogP contribution < -0.4 is 10.9 Å². The molecule has 6 nitrogen and oxygen atoms in total. The lowest BCUT2D eigenvalue weighted by Crippen LogP contribution is -2.27. The number of benzene rings is 2. The Bertz CT molecular complexity index is 1410. The molecule has 2 heterocycles. The van der Waals surface area contributed by atoms with E-state index < -0.39 is 5.82 Å². The van der Waals surface area contributed by atoms with Gasteiger partial charge in [-0.1, -0.05) is 29.8 Å². The second-order valence-electron chi connectivity index (χ2n) is 7.86. The molecule has 0 bridgehead atoms. The number of nitrogens with one attached hydrogen (secondary N) is 1. The monoisotopic (exact) mass is 466 g/mol. The van der Waals surface area contributed by atoms with Crippen LogP contribution in [0, 0.1) is 19.7 Å². The molecular formula is C25H24ClFN4O2. The normalized spacial score (nSPS) is 11.2. The standard InChI is InChI=1S/C25H24ClFN4O2/c1-4-30-24-23(16(3)29-31(24)18-8-6-5-7-9-18)15(2)19(25(30)33)11-13-22(32)28-21-12-10-17(27)14-20(21)26/h5-10,12,14H,4,11,13H2,1-3H3,(H,28,32). The smallest absolute Gasteiger partial charge is 0.255 e. The van der Waals surface area contributed by atoms with Crippen LogP contribution in [-0.2, 0) is 17.8 Å². The number of hydrogen-bond acceptors (Lipinski definition) is 3. The molecule has 0 radical (unpaired) electrons. The summed E-state index contributed by atoms with van der Waals surface area (Å²) in [5, 5.41) is 8.44. The van der Waals surface area contributed by atoms with Crippen molar-refractivity contribution in [2.45, 2.75) is 40.2 Å². The zero-order valence-electron chi connectivity index (χ0n) is 18.7. The van der Waals surface area contributed by atoms with Gasteiger partial charge in [-0.25, -0.2) is 9.07 Å². The first-order valence-corrected chi connectivity index (χ1v) is 11.1. The largest absolute Gasteiger partial charge is 0.325 e. The maximum absolute atomic E-state index is 13.4. The molecule has 0 unspecified atom stereocenters. The van der Waals surface area contributed by atoms with Crippen molar-refractivity contribution in [3.05, 3.63) is 86.5 Å². The minimum absolute atomic E-state index is 0.0882. The molecule has 0 fully saturated rings. The average Bonchev–Trinajstić information content (AvgIpc) is 3.13. The second kappa shape index (κ2) is 9.19. The van der Waals surface area contributed by atoms with Crippen LogP contribution in [-0.4, -0.2) is 20.3 Å². The number of halogens is 2. The van der Waals surface area contributed by atoms with Crippen LogP contribution in [0.4, 0.5) is 10.1 Å². The Morgan fingerprint density at radius 3 is 2.55 bits per heavy atom. The van der Waals surface area contributed by atoms with E-state index in [1.54, 1.807) is 9.25 Å². The Hall–Kier alpha value is -3.45. The molecule has 8 heteroatoms. The van der Waals surface area contributed by atoms with Crippen LogP contribution in [0.1, 0.15) is 30.2 Å². The molecule has 0 spiro atoms. The molecule has 33 heavy (non-hydrogen) atoms. The minimum atomic E-state index is -0.478. The third-order valence-corrected chi connectivity index (χ3v) is 6.06. The second-order valence-corrected chi connectivity index (χ2v) is 8.26. The highest BCUT2D eigenvalue weighted by Gasteiger charge is 2.21. The lowest BCUT2D eigenvalue weighted by Gasteiger charge is -2.14. The number of rotatable bonds is 6. The maximum atomic E-state index is 13.4. The molecule has 1 N–H and O–H groups in total. The molecule has 0 saturated carbocycles.